The van der Waals surface area contributed by atoms with E-state index in [-0.39, 0.29) is 36.0 Å². The van der Waals surface area contributed by atoms with Crippen LogP contribution in [0.25, 0.3) is 0 Å². The first-order chi connectivity index (χ1) is 16.9. The lowest BCUT2D eigenvalue weighted by Crippen LogP contribution is -2.38. The molecule has 1 atom stereocenters. The Kier molecular flexibility index (Phi) is 7.83. The normalized spacial score (nSPS) is 15.7. The van der Waals surface area contributed by atoms with Gasteiger partial charge in [-0.05, 0) is 37.0 Å². The second kappa shape index (κ2) is 11.0. The number of aryl methyl sites for hydroxylation is 1. The van der Waals surface area contributed by atoms with Crippen LogP contribution in [0.4, 0.5) is 0 Å². The van der Waals surface area contributed by atoms with E-state index < -0.39 is 9.84 Å². The van der Waals surface area contributed by atoms with Crippen molar-refractivity contribution in [2.75, 3.05) is 13.2 Å². The number of allylic oxidation sites excluding steroid dienone is 1. The minimum absolute atomic E-state index is 0.0170. The Bertz CT molecular complexity index is 1280. The number of carbonyl (C=O) groups excluding carboxylic acids is 1. The molecule has 1 aromatic heterocycles. The molecule has 0 bridgehead atoms. The molecule has 1 amide bonds. The van der Waals surface area contributed by atoms with Crippen LogP contribution >= 0.6 is 0 Å². The minimum atomic E-state index is -3.71. The third-order valence-corrected chi connectivity index (χ3v) is 7.75. The van der Waals surface area contributed by atoms with Crippen LogP contribution < -0.4 is 0 Å². The first-order valence-electron chi connectivity index (χ1n) is 11.8. The van der Waals surface area contributed by atoms with Gasteiger partial charge in [-0.2, -0.15) is 0 Å². The first kappa shape index (κ1) is 24.9. The Morgan fingerprint density at radius 1 is 1.20 bits per heavy atom. The van der Waals surface area contributed by atoms with Crippen LogP contribution in [0, 0.1) is 6.92 Å². The number of carbonyl (C=O) groups is 1. The summed E-state index contributed by atoms with van der Waals surface area (Å²) in [4.78, 5) is 19.6. The monoisotopic (exact) mass is 493 g/mol. The molecule has 2 heterocycles. The van der Waals surface area contributed by atoms with Gasteiger partial charge in [0.25, 0.3) is 5.91 Å². The Labute approximate surface area is 207 Å². The summed E-state index contributed by atoms with van der Waals surface area (Å²) in [5.41, 5.74) is 2.84. The maximum absolute atomic E-state index is 13.6. The third kappa shape index (κ3) is 5.89. The van der Waals surface area contributed by atoms with Gasteiger partial charge in [-0.15, -0.1) is 6.58 Å². The molecule has 0 saturated carbocycles. The molecule has 4 rings (SSSR count). The Hall–Kier alpha value is -3.23. The van der Waals surface area contributed by atoms with Crippen molar-refractivity contribution in [1.29, 1.82) is 0 Å². The number of imidazole rings is 1. The van der Waals surface area contributed by atoms with E-state index in [0.717, 1.165) is 18.4 Å². The highest BCUT2D eigenvalue weighted by molar-refractivity contribution is 7.90. The molecule has 184 valence electrons. The Morgan fingerprint density at radius 2 is 1.94 bits per heavy atom. The summed E-state index contributed by atoms with van der Waals surface area (Å²) in [7, 11) is -3.71. The molecule has 3 aromatic rings. The fraction of sp³-hybridized carbons (Fsp3) is 0.333. The summed E-state index contributed by atoms with van der Waals surface area (Å²) in [5, 5.41) is -0.0170. The molecule has 35 heavy (non-hydrogen) atoms. The molecule has 1 aliphatic rings. The number of rotatable bonds is 10. The number of sulfone groups is 1. The quantitative estimate of drug-likeness (QED) is 0.396. The standard InChI is InChI=1S/C27H31N3O4S/c1-3-15-30-23(17-28-27(30)35(32,33)20-22-11-5-4-6-12-22)18-29(19-24-13-9-16-34-24)26(31)25-14-8-7-10-21(25)2/h3-8,10-12,14,17,24H,1,9,13,15-16,18-20H2,2H3. The molecular formula is C27H31N3O4S. The molecule has 0 aliphatic carbocycles. The van der Waals surface area contributed by atoms with Gasteiger partial charge in [0.1, 0.15) is 0 Å². The summed E-state index contributed by atoms with van der Waals surface area (Å²) in [6.07, 6.45) is 5.00. The van der Waals surface area contributed by atoms with E-state index in [0.29, 0.717) is 30.0 Å². The van der Waals surface area contributed by atoms with Crippen molar-refractivity contribution in [3.8, 4) is 0 Å². The predicted octanol–water partition coefficient (Wildman–Crippen LogP) is 4.17. The van der Waals surface area contributed by atoms with E-state index in [1.807, 2.05) is 49.4 Å². The van der Waals surface area contributed by atoms with Gasteiger partial charge >= 0.3 is 0 Å². The fourth-order valence-corrected chi connectivity index (χ4v) is 5.88. The van der Waals surface area contributed by atoms with Crippen molar-refractivity contribution in [2.24, 2.45) is 0 Å². The number of aromatic nitrogens is 2. The van der Waals surface area contributed by atoms with E-state index in [2.05, 4.69) is 11.6 Å². The Morgan fingerprint density at radius 3 is 2.63 bits per heavy atom. The molecule has 7 nitrogen and oxygen atoms in total. The summed E-state index contributed by atoms with van der Waals surface area (Å²) >= 11 is 0. The van der Waals surface area contributed by atoms with Crippen LogP contribution in [-0.4, -0.2) is 48.0 Å². The number of nitrogens with zero attached hydrogens (tertiary/aromatic N) is 3. The summed E-state index contributed by atoms with van der Waals surface area (Å²) in [6, 6.07) is 16.5. The number of hydrogen-bond donors (Lipinski definition) is 0. The summed E-state index contributed by atoms with van der Waals surface area (Å²) < 4.78 is 34.0. The molecule has 1 saturated heterocycles. The van der Waals surface area contributed by atoms with Crippen molar-refractivity contribution < 1.29 is 17.9 Å². The fourth-order valence-electron chi connectivity index (χ4n) is 4.38. The highest BCUT2D eigenvalue weighted by atomic mass is 32.2. The lowest BCUT2D eigenvalue weighted by molar-refractivity contribution is 0.0501. The zero-order chi connectivity index (χ0) is 24.8. The molecule has 1 aliphatic heterocycles. The average molecular weight is 494 g/mol. The van der Waals surface area contributed by atoms with Crippen LogP contribution in [0.5, 0.6) is 0 Å². The second-order valence-electron chi connectivity index (χ2n) is 8.81. The molecule has 1 unspecified atom stereocenters. The second-order valence-corrected chi connectivity index (χ2v) is 10.7. The highest BCUT2D eigenvalue weighted by Gasteiger charge is 2.28. The van der Waals surface area contributed by atoms with Crippen LogP contribution in [0.15, 0.2) is 78.6 Å². The van der Waals surface area contributed by atoms with Crippen molar-refractivity contribution in [1.82, 2.24) is 14.5 Å². The number of hydrogen-bond acceptors (Lipinski definition) is 5. The number of benzene rings is 2. The van der Waals surface area contributed by atoms with Crippen molar-refractivity contribution >= 4 is 15.7 Å². The minimum Gasteiger partial charge on any atom is -0.376 e. The van der Waals surface area contributed by atoms with Crippen molar-refractivity contribution in [3.05, 3.63) is 95.8 Å². The van der Waals surface area contributed by atoms with E-state index in [9.17, 15) is 13.2 Å². The van der Waals surface area contributed by atoms with Gasteiger partial charge in [-0.1, -0.05) is 54.6 Å². The topological polar surface area (TPSA) is 81.5 Å². The number of amides is 1. The van der Waals surface area contributed by atoms with E-state index >= 15 is 0 Å². The van der Waals surface area contributed by atoms with E-state index in [1.54, 1.807) is 33.9 Å². The molecule has 1 fully saturated rings. The zero-order valence-electron chi connectivity index (χ0n) is 20.0. The maximum atomic E-state index is 13.6. The number of ether oxygens (including phenoxy) is 1. The van der Waals surface area contributed by atoms with Crippen molar-refractivity contribution in [3.63, 3.8) is 0 Å². The van der Waals surface area contributed by atoms with Gasteiger partial charge in [0, 0.05) is 25.3 Å². The van der Waals surface area contributed by atoms with Crippen LogP contribution in [-0.2, 0) is 33.4 Å². The predicted molar refractivity (Wildman–Crippen MR) is 135 cm³/mol. The van der Waals surface area contributed by atoms with Gasteiger partial charge in [0.15, 0.2) is 0 Å². The zero-order valence-corrected chi connectivity index (χ0v) is 20.8. The first-order valence-corrected chi connectivity index (χ1v) is 13.4. The SMILES string of the molecule is C=CCn1c(CN(CC2CCCO2)C(=O)c2ccccc2C)cnc1S(=O)(=O)Cc1ccccc1. The molecule has 0 spiro atoms. The molecule has 2 aromatic carbocycles. The Balaban J connectivity index is 1.65. The molecular weight excluding hydrogens is 462 g/mol. The highest BCUT2D eigenvalue weighted by Crippen LogP contribution is 2.22. The van der Waals surface area contributed by atoms with Gasteiger partial charge in [-0.3, -0.25) is 4.79 Å². The van der Waals surface area contributed by atoms with E-state index in [4.69, 9.17) is 4.74 Å². The molecule has 0 radical (unpaired) electrons. The lowest BCUT2D eigenvalue weighted by Gasteiger charge is -2.26. The summed E-state index contributed by atoms with van der Waals surface area (Å²) in [5.74, 6) is -0.262. The van der Waals surface area contributed by atoms with Gasteiger partial charge < -0.3 is 14.2 Å². The van der Waals surface area contributed by atoms with Crippen molar-refractivity contribution in [2.45, 2.75) is 49.9 Å². The largest absolute Gasteiger partial charge is 0.376 e. The van der Waals surface area contributed by atoms with Crippen LogP contribution in [0.3, 0.4) is 0 Å². The molecule has 8 heteroatoms. The summed E-state index contributed by atoms with van der Waals surface area (Å²) in [6.45, 7) is 7.31. The van der Waals surface area contributed by atoms with Gasteiger partial charge in [0.05, 0.1) is 30.3 Å². The third-order valence-electron chi connectivity index (χ3n) is 6.15. The van der Waals surface area contributed by atoms with Crippen LogP contribution in [0.2, 0.25) is 0 Å². The maximum Gasteiger partial charge on any atom is 0.254 e. The van der Waals surface area contributed by atoms with E-state index in [1.165, 1.54) is 0 Å². The average Bonchev–Trinajstić information content (AvgIpc) is 3.50. The molecule has 0 N–H and O–H groups in total. The van der Waals surface area contributed by atoms with Gasteiger partial charge in [0.2, 0.25) is 15.0 Å². The van der Waals surface area contributed by atoms with Crippen LogP contribution in [0.1, 0.15) is 40.0 Å². The van der Waals surface area contributed by atoms with Gasteiger partial charge in [-0.25, -0.2) is 13.4 Å². The lowest BCUT2D eigenvalue weighted by atomic mass is 10.1. The smallest absolute Gasteiger partial charge is 0.254 e.